The first kappa shape index (κ1) is 15.7. The molecule has 0 aromatic rings. The summed E-state index contributed by atoms with van der Waals surface area (Å²) < 4.78 is 0. The molecule has 0 aromatic heterocycles. The third-order valence-electron chi connectivity index (χ3n) is 0. The molecule has 0 aromatic carbocycles. The number of halogens is 3. The molecule has 0 unspecified atom stereocenters. The van der Waals surface area contributed by atoms with Crippen LogP contribution < -0.4 is 0 Å². The molecule has 0 saturated heterocycles. The predicted octanol–water partition coefficient (Wildman–Crippen LogP) is 2.32. The molecule has 40 valence electrons. The van der Waals surface area contributed by atoms with Crippen molar-refractivity contribution in [2.75, 3.05) is 0 Å². The summed E-state index contributed by atoms with van der Waals surface area (Å²) in [7, 11) is 14.7. The van der Waals surface area contributed by atoms with Gasteiger partial charge in [0, 0.05) is 8.41 Å². The van der Waals surface area contributed by atoms with E-state index < -0.39 is 11.2 Å². The molecule has 0 spiro atoms. The molecule has 0 saturated carbocycles. The summed E-state index contributed by atoms with van der Waals surface area (Å²) >= 11 is -1.33. The average molecular weight is 189 g/mol. The van der Waals surface area contributed by atoms with Crippen molar-refractivity contribution in [3.63, 3.8) is 0 Å². The van der Waals surface area contributed by atoms with Crippen LogP contribution in [0.2, 0.25) is 0 Å². The molecule has 5 heteroatoms. The Kier molecular flexibility index (Phi) is 25.2. The van der Waals surface area contributed by atoms with Crippen LogP contribution in [0.15, 0.2) is 0 Å². The van der Waals surface area contributed by atoms with Gasteiger partial charge in [0.1, 0.15) is 0 Å². The summed E-state index contributed by atoms with van der Waals surface area (Å²) in [5.74, 6) is 0. The molecular formula is CH4BCl3Fe. The van der Waals surface area contributed by atoms with Crippen molar-refractivity contribution >= 4 is 38.7 Å². The Morgan fingerprint density at radius 2 is 1.00 bits per heavy atom. The fraction of sp³-hybridized carbons (Fsp3) is 1.00. The fourth-order valence-corrected chi connectivity index (χ4v) is 0. The van der Waals surface area contributed by atoms with Crippen LogP contribution in [0, 0.1) is 0 Å². The second-order valence-corrected chi connectivity index (χ2v) is 5.62. The van der Waals surface area contributed by atoms with Gasteiger partial charge in [0.15, 0.2) is 0 Å². The molecule has 0 heterocycles. The normalized spacial score (nSPS) is 7.50. The zero-order chi connectivity index (χ0) is 3.58. The summed E-state index contributed by atoms with van der Waals surface area (Å²) in [4.78, 5) is 0. The van der Waals surface area contributed by atoms with Crippen molar-refractivity contribution in [1.82, 2.24) is 0 Å². The maximum absolute atomic E-state index is 4.89. The minimum absolute atomic E-state index is 0. The van der Waals surface area contributed by atoms with Crippen LogP contribution in [-0.4, -0.2) is 8.41 Å². The Labute approximate surface area is 57.3 Å². The van der Waals surface area contributed by atoms with Crippen LogP contribution in [0.3, 0.4) is 0 Å². The Hall–Kier alpha value is 1.45. The van der Waals surface area contributed by atoms with Crippen molar-refractivity contribution in [1.29, 1.82) is 0 Å². The van der Waals surface area contributed by atoms with E-state index in [2.05, 4.69) is 0 Å². The van der Waals surface area contributed by atoms with Gasteiger partial charge in [-0.2, -0.15) is 0 Å². The quantitative estimate of drug-likeness (QED) is 0.513. The summed E-state index contributed by atoms with van der Waals surface area (Å²) in [5, 5.41) is 0. The van der Waals surface area contributed by atoms with Crippen LogP contribution in [0.5, 0.6) is 0 Å². The van der Waals surface area contributed by atoms with Crippen LogP contribution in [0.4, 0.5) is 0 Å². The fourth-order valence-electron chi connectivity index (χ4n) is 0. The molecule has 0 atom stereocenters. The van der Waals surface area contributed by atoms with Gasteiger partial charge in [-0.3, -0.25) is 0 Å². The van der Waals surface area contributed by atoms with Gasteiger partial charge in [0.25, 0.3) is 0 Å². The maximum atomic E-state index is 4.89. The summed E-state index contributed by atoms with van der Waals surface area (Å²) in [6, 6.07) is 0. The second kappa shape index (κ2) is 9.68. The first-order chi connectivity index (χ1) is 1.73. The molecule has 6 heavy (non-hydrogen) atoms. The van der Waals surface area contributed by atoms with Crippen molar-refractivity contribution in [3.05, 3.63) is 0 Å². The topological polar surface area (TPSA) is 0 Å². The van der Waals surface area contributed by atoms with Gasteiger partial charge in [-0.25, -0.2) is 0 Å². The van der Waals surface area contributed by atoms with Gasteiger partial charge in [0.05, 0.1) is 0 Å². The number of hydrogen-bond donors (Lipinski definition) is 0. The third-order valence-corrected chi connectivity index (χ3v) is 0. The van der Waals surface area contributed by atoms with Crippen molar-refractivity contribution in [2.24, 2.45) is 0 Å². The van der Waals surface area contributed by atoms with Gasteiger partial charge in [-0.05, 0) is 0 Å². The molecule has 0 bridgehead atoms. The summed E-state index contributed by atoms with van der Waals surface area (Å²) in [5.41, 5.74) is 0. The first-order valence-corrected chi connectivity index (χ1v) is 4.96. The standard InChI is InChI=1S/CH4.B.3ClH.Fe/h1H4;;3*1H;/q;;;;;+3/p-3. The molecule has 0 aliphatic heterocycles. The zero-order valence-electron chi connectivity index (χ0n) is 2.06. The molecule has 0 N–H and O–H groups in total. The Morgan fingerprint density at radius 1 is 1.00 bits per heavy atom. The van der Waals surface area contributed by atoms with Crippen LogP contribution >= 0.6 is 30.3 Å². The molecule has 0 rings (SSSR count). The molecular weight excluding hydrogens is 185 g/mol. The molecule has 0 nitrogen and oxygen atoms in total. The van der Waals surface area contributed by atoms with Gasteiger partial charge in [0.2, 0.25) is 0 Å². The van der Waals surface area contributed by atoms with E-state index in [1.807, 2.05) is 0 Å². The van der Waals surface area contributed by atoms with E-state index in [4.69, 9.17) is 30.3 Å². The summed E-state index contributed by atoms with van der Waals surface area (Å²) in [6.07, 6.45) is 0. The third kappa shape index (κ3) is 51.2. The SMILES string of the molecule is C.[B].[Cl][Fe]([Cl])[Cl]. The van der Waals surface area contributed by atoms with E-state index in [1.165, 1.54) is 0 Å². The van der Waals surface area contributed by atoms with Gasteiger partial charge < -0.3 is 0 Å². The first-order valence-electron chi connectivity index (χ1n) is 0.401. The Balaban J connectivity index is -0.0000000450. The number of hydrogen-bond acceptors (Lipinski definition) is 0. The van der Waals surface area contributed by atoms with Crippen molar-refractivity contribution < 1.29 is 11.2 Å². The van der Waals surface area contributed by atoms with E-state index in [1.54, 1.807) is 0 Å². The molecule has 3 radical (unpaired) electrons. The number of rotatable bonds is 0. The summed E-state index contributed by atoms with van der Waals surface area (Å²) in [6.45, 7) is 0. The van der Waals surface area contributed by atoms with E-state index in [0.717, 1.165) is 0 Å². The van der Waals surface area contributed by atoms with Crippen LogP contribution in [0.25, 0.3) is 0 Å². The van der Waals surface area contributed by atoms with E-state index in [9.17, 15) is 0 Å². The van der Waals surface area contributed by atoms with E-state index in [0.29, 0.717) is 0 Å². The minimum atomic E-state index is -1.33. The monoisotopic (exact) mass is 188 g/mol. The van der Waals surface area contributed by atoms with Crippen molar-refractivity contribution in [2.45, 2.75) is 7.43 Å². The van der Waals surface area contributed by atoms with Gasteiger partial charge >= 0.3 is 41.5 Å². The molecule has 0 amide bonds. The Bertz CT molecular complexity index is 15.5. The van der Waals surface area contributed by atoms with E-state index >= 15 is 0 Å². The van der Waals surface area contributed by atoms with Gasteiger partial charge in [-0.1, -0.05) is 7.43 Å². The molecule has 0 aliphatic carbocycles. The van der Waals surface area contributed by atoms with E-state index in [-0.39, 0.29) is 15.8 Å². The average Bonchev–Trinajstić information content (AvgIpc) is 0.811. The second-order valence-electron chi connectivity index (χ2n) is 0.152. The predicted molar refractivity (Wildman–Crippen MR) is 30.0 cm³/mol. The molecule has 0 fully saturated rings. The van der Waals surface area contributed by atoms with Crippen LogP contribution in [-0.2, 0) is 11.2 Å². The molecule has 0 aliphatic rings. The zero-order valence-corrected chi connectivity index (χ0v) is 5.44. The van der Waals surface area contributed by atoms with Gasteiger partial charge in [-0.15, -0.1) is 0 Å². The Morgan fingerprint density at radius 3 is 1.00 bits per heavy atom. The van der Waals surface area contributed by atoms with Crippen molar-refractivity contribution in [3.8, 4) is 0 Å². The van der Waals surface area contributed by atoms with Crippen LogP contribution in [0.1, 0.15) is 7.43 Å².